The van der Waals surface area contributed by atoms with Crippen LogP contribution in [0.4, 0.5) is 0 Å². The minimum absolute atomic E-state index is 0. The Labute approximate surface area is 92.7 Å². The van der Waals surface area contributed by atoms with Crippen molar-refractivity contribution in [3.63, 3.8) is 0 Å². The van der Waals surface area contributed by atoms with E-state index in [0.717, 1.165) is 17.4 Å². The lowest BCUT2D eigenvalue weighted by molar-refractivity contribution is -0.870. The summed E-state index contributed by atoms with van der Waals surface area (Å²) < 4.78 is 5.84. The fourth-order valence-electron chi connectivity index (χ4n) is 0.827. The van der Waals surface area contributed by atoms with Crippen molar-refractivity contribution in [2.45, 2.75) is 13.3 Å². The summed E-state index contributed by atoms with van der Waals surface area (Å²) in [6.07, 6.45) is 0.891. The van der Waals surface area contributed by atoms with Crippen molar-refractivity contribution in [1.29, 1.82) is 0 Å². The van der Waals surface area contributed by atoms with Gasteiger partial charge in [-0.3, -0.25) is 0 Å². The lowest BCUT2D eigenvalue weighted by Crippen LogP contribution is -3.00. The molecule has 0 aliphatic rings. The summed E-state index contributed by atoms with van der Waals surface area (Å²) in [4.78, 5) is 10.9. The first kappa shape index (κ1) is 15.9. The molecule has 0 atom stereocenters. The highest BCUT2D eigenvalue weighted by Gasteiger charge is 2.07. The molecule has 0 fully saturated rings. The Morgan fingerprint density at radius 1 is 1.36 bits per heavy atom. The Morgan fingerprint density at radius 2 is 1.86 bits per heavy atom. The SMILES string of the molecule is C=C(C)C(=O)OCCC[N+](C)(C)C.[Cl-]. The van der Waals surface area contributed by atoms with Gasteiger partial charge in [0, 0.05) is 12.0 Å². The van der Waals surface area contributed by atoms with Crippen LogP contribution < -0.4 is 12.4 Å². The van der Waals surface area contributed by atoms with Crippen molar-refractivity contribution in [3.8, 4) is 0 Å². The summed E-state index contributed by atoms with van der Waals surface area (Å²) in [5, 5.41) is 0. The number of hydrogen-bond acceptors (Lipinski definition) is 2. The lowest BCUT2D eigenvalue weighted by Gasteiger charge is -2.23. The first-order chi connectivity index (χ1) is 5.83. The Hall–Kier alpha value is -0.540. The molecule has 0 saturated carbocycles. The molecule has 3 nitrogen and oxygen atoms in total. The molecule has 0 heterocycles. The van der Waals surface area contributed by atoms with E-state index in [1.54, 1.807) is 6.92 Å². The van der Waals surface area contributed by atoms with Gasteiger partial charge in [0.25, 0.3) is 0 Å². The molecule has 0 radical (unpaired) electrons. The van der Waals surface area contributed by atoms with Crippen LogP contribution in [0, 0.1) is 0 Å². The average molecular weight is 222 g/mol. The number of halogens is 1. The minimum Gasteiger partial charge on any atom is -1.00 e. The fraction of sp³-hybridized carbons (Fsp3) is 0.700. The smallest absolute Gasteiger partial charge is 0.333 e. The molecular formula is C10H20ClNO2. The first-order valence-corrected chi connectivity index (χ1v) is 4.46. The van der Waals surface area contributed by atoms with Crippen molar-refractivity contribution < 1.29 is 26.4 Å². The third-order valence-electron chi connectivity index (χ3n) is 1.55. The number of carbonyl (C=O) groups excluding carboxylic acids is 1. The van der Waals surface area contributed by atoms with Crippen molar-refractivity contribution >= 4 is 5.97 Å². The van der Waals surface area contributed by atoms with Crippen LogP contribution in [-0.4, -0.2) is 44.7 Å². The van der Waals surface area contributed by atoms with E-state index >= 15 is 0 Å². The molecular weight excluding hydrogens is 202 g/mol. The number of rotatable bonds is 5. The third-order valence-corrected chi connectivity index (χ3v) is 1.55. The van der Waals surface area contributed by atoms with Crippen LogP contribution in [0.3, 0.4) is 0 Å². The third kappa shape index (κ3) is 9.55. The van der Waals surface area contributed by atoms with Crippen molar-refractivity contribution in [2.24, 2.45) is 0 Å². The molecule has 4 heteroatoms. The number of quaternary nitrogens is 1. The zero-order valence-corrected chi connectivity index (χ0v) is 10.2. The Kier molecular flexibility index (Phi) is 7.78. The summed E-state index contributed by atoms with van der Waals surface area (Å²) in [6, 6.07) is 0. The molecule has 0 N–H and O–H groups in total. The second-order valence-corrected chi connectivity index (χ2v) is 4.28. The van der Waals surface area contributed by atoms with Gasteiger partial charge >= 0.3 is 5.97 Å². The van der Waals surface area contributed by atoms with Crippen LogP contribution in [0.25, 0.3) is 0 Å². The zero-order chi connectivity index (χ0) is 10.5. The number of carbonyl (C=O) groups is 1. The van der Waals surface area contributed by atoms with Crippen LogP contribution in [-0.2, 0) is 9.53 Å². The number of ether oxygens (including phenoxy) is 1. The fourth-order valence-corrected chi connectivity index (χ4v) is 0.827. The second kappa shape index (κ2) is 6.85. The van der Waals surface area contributed by atoms with Gasteiger partial charge in [0.05, 0.1) is 34.3 Å². The van der Waals surface area contributed by atoms with Gasteiger partial charge in [0.2, 0.25) is 0 Å². The van der Waals surface area contributed by atoms with E-state index in [0.29, 0.717) is 12.2 Å². The van der Waals surface area contributed by atoms with Gasteiger partial charge in [0.15, 0.2) is 0 Å². The highest BCUT2D eigenvalue weighted by molar-refractivity contribution is 5.86. The van der Waals surface area contributed by atoms with Crippen molar-refractivity contribution in [3.05, 3.63) is 12.2 Å². The van der Waals surface area contributed by atoms with Crippen LogP contribution >= 0.6 is 0 Å². The van der Waals surface area contributed by atoms with Gasteiger partial charge in [-0.25, -0.2) is 4.79 Å². The molecule has 84 valence electrons. The number of nitrogens with zero attached hydrogens (tertiary/aromatic N) is 1. The molecule has 0 unspecified atom stereocenters. The molecule has 0 aliphatic carbocycles. The predicted octanol–water partition coefficient (Wildman–Crippen LogP) is -1.79. The highest BCUT2D eigenvalue weighted by atomic mass is 35.5. The molecule has 14 heavy (non-hydrogen) atoms. The number of esters is 1. The topological polar surface area (TPSA) is 26.3 Å². The first-order valence-electron chi connectivity index (χ1n) is 4.46. The van der Waals surface area contributed by atoms with E-state index in [4.69, 9.17) is 4.74 Å². The van der Waals surface area contributed by atoms with Gasteiger partial charge in [-0.1, -0.05) is 6.58 Å². The Balaban J connectivity index is 0. The predicted molar refractivity (Wildman–Crippen MR) is 53.3 cm³/mol. The zero-order valence-electron chi connectivity index (χ0n) is 9.47. The maximum atomic E-state index is 10.9. The van der Waals surface area contributed by atoms with E-state index in [9.17, 15) is 4.79 Å². The van der Waals surface area contributed by atoms with E-state index in [-0.39, 0.29) is 18.4 Å². The van der Waals surface area contributed by atoms with E-state index in [1.807, 2.05) is 0 Å². The molecule has 0 rings (SSSR count). The van der Waals surface area contributed by atoms with Gasteiger partial charge < -0.3 is 21.6 Å². The summed E-state index contributed by atoms with van der Waals surface area (Å²) in [6.45, 7) is 6.65. The minimum atomic E-state index is -0.290. The van der Waals surface area contributed by atoms with Gasteiger partial charge in [-0.15, -0.1) is 0 Å². The molecule has 0 saturated heterocycles. The summed E-state index contributed by atoms with van der Waals surface area (Å²) in [5.74, 6) is -0.290. The van der Waals surface area contributed by atoms with Crippen LogP contribution in [0.5, 0.6) is 0 Å². The summed E-state index contributed by atoms with van der Waals surface area (Å²) in [7, 11) is 6.34. The maximum absolute atomic E-state index is 10.9. The van der Waals surface area contributed by atoms with Crippen molar-refractivity contribution in [1.82, 2.24) is 0 Å². The van der Waals surface area contributed by atoms with E-state index in [1.165, 1.54) is 0 Å². The number of hydrogen-bond donors (Lipinski definition) is 0. The van der Waals surface area contributed by atoms with E-state index < -0.39 is 0 Å². The largest absolute Gasteiger partial charge is 1.00 e. The normalized spacial score (nSPS) is 10.3. The highest BCUT2D eigenvalue weighted by Crippen LogP contribution is 1.96. The Morgan fingerprint density at radius 3 is 2.21 bits per heavy atom. The average Bonchev–Trinajstić information content (AvgIpc) is 1.95. The monoisotopic (exact) mass is 221 g/mol. The maximum Gasteiger partial charge on any atom is 0.333 e. The van der Waals surface area contributed by atoms with Gasteiger partial charge in [-0.2, -0.15) is 0 Å². The lowest BCUT2D eigenvalue weighted by atomic mass is 10.3. The van der Waals surface area contributed by atoms with Crippen LogP contribution in [0.2, 0.25) is 0 Å². The molecule has 0 amide bonds. The summed E-state index contributed by atoms with van der Waals surface area (Å²) >= 11 is 0. The second-order valence-electron chi connectivity index (χ2n) is 4.28. The van der Waals surface area contributed by atoms with Crippen LogP contribution in [0.15, 0.2) is 12.2 Å². The molecule has 0 aliphatic heterocycles. The molecule has 0 bridgehead atoms. The van der Waals surface area contributed by atoms with Crippen molar-refractivity contribution in [2.75, 3.05) is 34.3 Å². The van der Waals surface area contributed by atoms with E-state index in [2.05, 4.69) is 27.7 Å². The van der Waals surface area contributed by atoms with Gasteiger partial charge in [-0.05, 0) is 6.92 Å². The quantitative estimate of drug-likeness (QED) is 0.237. The van der Waals surface area contributed by atoms with Gasteiger partial charge in [0.1, 0.15) is 0 Å². The standard InChI is InChI=1S/C10H20NO2.ClH/c1-9(2)10(12)13-8-6-7-11(3,4)5;/h1,6-8H2,2-5H3;1H/q+1;/p-1. The summed E-state index contributed by atoms with van der Waals surface area (Å²) in [5.41, 5.74) is 0.463. The Bertz CT molecular complexity index is 197. The molecule has 0 aromatic carbocycles. The molecule has 0 aromatic rings. The molecule has 0 aromatic heterocycles. The van der Waals surface area contributed by atoms with Crippen LogP contribution in [0.1, 0.15) is 13.3 Å². The molecule has 0 spiro atoms.